The Morgan fingerprint density at radius 2 is 1.57 bits per heavy atom. The number of para-hydroxylation sites is 1. The molecule has 0 fully saturated rings. The molecule has 0 aliphatic rings. The summed E-state index contributed by atoms with van der Waals surface area (Å²) < 4.78 is 28.2. The molecule has 0 saturated heterocycles. The van der Waals surface area contributed by atoms with Gasteiger partial charge in [-0.25, -0.2) is 8.42 Å². The van der Waals surface area contributed by atoms with Gasteiger partial charge in [0.25, 0.3) is 15.9 Å². The molecule has 1 amide bonds. The van der Waals surface area contributed by atoms with Gasteiger partial charge in [-0.1, -0.05) is 42.5 Å². The lowest BCUT2D eigenvalue weighted by molar-refractivity contribution is 0.0939. The van der Waals surface area contributed by atoms with Gasteiger partial charge in [-0.05, 0) is 74.2 Å². The summed E-state index contributed by atoms with van der Waals surface area (Å²) in [6.45, 7) is 7.81. The molecule has 3 aromatic carbocycles. The van der Waals surface area contributed by atoms with Crippen LogP contribution in [0.15, 0.2) is 71.6 Å². The molecule has 0 unspecified atom stereocenters. The Labute approximate surface area is 178 Å². The van der Waals surface area contributed by atoms with Gasteiger partial charge in [-0.15, -0.1) is 0 Å². The summed E-state index contributed by atoms with van der Waals surface area (Å²) in [5, 5.41) is 2.94. The Morgan fingerprint density at radius 3 is 2.27 bits per heavy atom. The van der Waals surface area contributed by atoms with Crippen LogP contribution in [0.1, 0.15) is 45.6 Å². The van der Waals surface area contributed by atoms with E-state index in [1.165, 1.54) is 17.7 Å². The fourth-order valence-corrected chi connectivity index (χ4v) is 4.27. The first-order chi connectivity index (χ1) is 14.2. The lowest BCUT2D eigenvalue weighted by atomic mass is 10.0. The van der Waals surface area contributed by atoms with Crippen LogP contribution in [0.2, 0.25) is 0 Å². The van der Waals surface area contributed by atoms with Crippen LogP contribution in [-0.4, -0.2) is 14.3 Å². The third-order valence-electron chi connectivity index (χ3n) is 5.17. The van der Waals surface area contributed by atoms with E-state index in [-0.39, 0.29) is 16.8 Å². The summed E-state index contributed by atoms with van der Waals surface area (Å²) >= 11 is 0. The minimum atomic E-state index is -3.81. The molecule has 0 heterocycles. The summed E-state index contributed by atoms with van der Waals surface area (Å²) in [7, 11) is -3.81. The van der Waals surface area contributed by atoms with Gasteiger partial charge >= 0.3 is 0 Å². The number of rotatable bonds is 6. The molecule has 3 rings (SSSR count). The number of nitrogens with one attached hydrogen (secondary N) is 2. The van der Waals surface area contributed by atoms with Crippen molar-refractivity contribution in [2.75, 3.05) is 4.72 Å². The zero-order valence-electron chi connectivity index (χ0n) is 17.6. The molecule has 6 heteroatoms. The molecule has 156 valence electrons. The van der Waals surface area contributed by atoms with E-state index < -0.39 is 10.0 Å². The highest BCUT2D eigenvalue weighted by atomic mass is 32.2. The molecule has 0 radical (unpaired) electrons. The molecule has 5 nitrogen and oxygen atoms in total. The lowest BCUT2D eigenvalue weighted by Gasteiger charge is -2.16. The van der Waals surface area contributed by atoms with Crippen LogP contribution in [0.3, 0.4) is 0 Å². The molecule has 0 aliphatic heterocycles. The van der Waals surface area contributed by atoms with E-state index >= 15 is 0 Å². The summed E-state index contributed by atoms with van der Waals surface area (Å²) in [6, 6.07) is 19.0. The normalized spacial score (nSPS) is 12.3. The van der Waals surface area contributed by atoms with Crippen molar-refractivity contribution in [3.05, 3.63) is 94.5 Å². The maximum atomic E-state index is 12.8. The number of amides is 1. The second-order valence-electron chi connectivity index (χ2n) is 7.49. The summed E-state index contributed by atoms with van der Waals surface area (Å²) in [5.74, 6) is -0.325. The van der Waals surface area contributed by atoms with Crippen LogP contribution < -0.4 is 10.0 Å². The van der Waals surface area contributed by atoms with Gasteiger partial charge in [0.15, 0.2) is 0 Å². The Kier molecular flexibility index (Phi) is 6.27. The largest absolute Gasteiger partial charge is 0.346 e. The quantitative estimate of drug-likeness (QED) is 0.593. The van der Waals surface area contributed by atoms with Crippen molar-refractivity contribution in [1.82, 2.24) is 5.32 Å². The van der Waals surface area contributed by atoms with Gasteiger partial charge in [0.2, 0.25) is 0 Å². The molecule has 0 bridgehead atoms. The van der Waals surface area contributed by atoms with Crippen molar-refractivity contribution in [3.63, 3.8) is 0 Å². The van der Waals surface area contributed by atoms with Crippen LogP contribution in [0.4, 0.5) is 5.69 Å². The smallest absolute Gasteiger partial charge is 0.261 e. The molecule has 3 aromatic rings. The van der Waals surface area contributed by atoms with Crippen molar-refractivity contribution < 1.29 is 13.2 Å². The van der Waals surface area contributed by atoms with E-state index in [1.807, 2.05) is 58.0 Å². The lowest BCUT2D eigenvalue weighted by Crippen LogP contribution is -2.27. The van der Waals surface area contributed by atoms with Crippen LogP contribution in [-0.2, 0) is 10.0 Å². The van der Waals surface area contributed by atoms with E-state index in [2.05, 4.69) is 10.0 Å². The second-order valence-corrected chi connectivity index (χ2v) is 9.17. The fraction of sp³-hybridized carbons (Fsp3) is 0.208. The van der Waals surface area contributed by atoms with Crippen molar-refractivity contribution in [2.24, 2.45) is 0 Å². The topological polar surface area (TPSA) is 75.3 Å². The standard InChI is InChI=1S/C24H26N2O3S/c1-16-12-13-20(14-18(16)3)19(4)25-24(27)21-9-7-10-22(15-21)30(28,29)26-23-11-6-5-8-17(23)2/h5-15,19,26H,1-4H3,(H,25,27)/t19-/m1/s1. The summed E-state index contributed by atoms with van der Waals surface area (Å²) in [5.41, 5.74) is 4.96. The van der Waals surface area contributed by atoms with Crippen molar-refractivity contribution in [1.29, 1.82) is 0 Å². The van der Waals surface area contributed by atoms with Gasteiger partial charge in [0.05, 0.1) is 16.6 Å². The molecule has 0 aliphatic carbocycles. The highest BCUT2D eigenvalue weighted by molar-refractivity contribution is 7.92. The van der Waals surface area contributed by atoms with Crippen molar-refractivity contribution in [2.45, 2.75) is 38.6 Å². The van der Waals surface area contributed by atoms with Crippen LogP contribution >= 0.6 is 0 Å². The SMILES string of the molecule is Cc1ccc([C@@H](C)NC(=O)c2cccc(S(=O)(=O)Nc3ccccc3C)c2)cc1C. The molecular formula is C24H26N2O3S. The van der Waals surface area contributed by atoms with Crippen molar-refractivity contribution >= 4 is 21.6 Å². The van der Waals surface area contributed by atoms with E-state index in [4.69, 9.17) is 0 Å². The molecule has 30 heavy (non-hydrogen) atoms. The molecule has 0 aromatic heterocycles. The Bertz CT molecular complexity index is 1190. The molecule has 1 atom stereocenters. The minimum Gasteiger partial charge on any atom is -0.346 e. The predicted octanol–water partition coefficient (Wildman–Crippen LogP) is 4.90. The zero-order chi connectivity index (χ0) is 21.9. The Morgan fingerprint density at radius 1 is 0.833 bits per heavy atom. The van der Waals surface area contributed by atoms with Gasteiger partial charge in [0, 0.05) is 5.56 Å². The average Bonchev–Trinajstić information content (AvgIpc) is 2.71. The number of carbonyl (C=O) groups is 1. The van der Waals surface area contributed by atoms with Gasteiger partial charge in [-0.2, -0.15) is 0 Å². The number of hydrogen-bond acceptors (Lipinski definition) is 3. The maximum Gasteiger partial charge on any atom is 0.261 e. The molecular weight excluding hydrogens is 396 g/mol. The van der Waals surface area contributed by atoms with Crippen LogP contribution in [0, 0.1) is 20.8 Å². The highest BCUT2D eigenvalue weighted by Gasteiger charge is 2.18. The Balaban J connectivity index is 1.79. The molecule has 0 saturated carbocycles. The molecule has 2 N–H and O–H groups in total. The van der Waals surface area contributed by atoms with E-state index in [1.54, 1.807) is 24.3 Å². The third-order valence-corrected chi connectivity index (χ3v) is 6.54. The van der Waals surface area contributed by atoms with E-state index in [0.29, 0.717) is 11.3 Å². The van der Waals surface area contributed by atoms with E-state index in [0.717, 1.165) is 16.7 Å². The highest BCUT2D eigenvalue weighted by Crippen LogP contribution is 2.21. The number of carbonyl (C=O) groups excluding carboxylic acids is 1. The number of aryl methyl sites for hydroxylation is 3. The van der Waals surface area contributed by atoms with Crippen molar-refractivity contribution in [3.8, 4) is 0 Å². The van der Waals surface area contributed by atoms with Gasteiger partial charge in [-0.3, -0.25) is 9.52 Å². The van der Waals surface area contributed by atoms with Gasteiger partial charge in [0.1, 0.15) is 0 Å². The summed E-state index contributed by atoms with van der Waals surface area (Å²) in [4.78, 5) is 12.8. The average molecular weight is 423 g/mol. The number of anilines is 1. The molecule has 0 spiro atoms. The summed E-state index contributed by atoms with van der Waals surface area (Å²) in [6.07, 6.45) is 0. The predicted molar refractivity (Wildman–Crippen MR) is 120 cm³/mol. The monoisotopic (exact) mass is 422 g/mol. The third kappa shape index (κ3) is 4.89. The second kappa shape index (κ2) is 8.71. The first kappa shape index (κ1) is 21.6. The number of hydrogen-bond donors (Lipinski definition) is 2. The zero-order valence-corrected chi connectivity index (χ0v) is 18.4. The number of sulfonamides is 1. The Hall–Kier alpha value is -3.12. The fourth-order valence-electron chi connectivity index (χ4n) is 3.09. The number of benzene rings is 3. The maximum absolute atomic E-state index is 12.8. The van der Waals surface area contributed by atoms with E-state index in [9.17, 15) is 13.2 Å². The minimum absolute atomic E-state index is 0.0391. The van der Waals surface area contributed by atoms with Crippen LogP contribution in [0.25, 0.3) is 0 Å². The van der Waals surface area contributed by atoms with Gasteiger partial charge < -0.3 is 5.32 Å². The first-order valence-electron chi connectivity index (χ1n) is 9.74. The van der Waals surface area contributed by atoms with Crippen LogP contribution in [0.5, 0.6) is 0 Å². The first-order valence-corrected chi connectivity index (χ1v) is 11.2.